The van der Waals surface area contributed by atoms with E-state index in [2.05, 4.69) is 11.6 Å². The number of thioether (sulfide) groups is 1. The van der Waals surface area contributed by atoms with Crippen LogP contribution in [0.4, 0.5) is 4.79 Å². The summed E-state index contributed by atoms with van der Waals surface area (Å²) in [5, 5.41) is 2.47. The third kappa shape index (κ3) is 3.95. The van der Waals surface area contributed by atoms with E-state index in [1.165, 1.54) is 4.57 Å². The molecule has 2 rings (SSSR count). The van der Waals surface area contributed by atoms with Crippen LogP contribution in [-0.2, 0) is 11.3 Å². The van der Waals surface area contributed by atoms with Gasteiger partial charge in [-0.05, 0) is 25.1 Å². The van der Waals surface area contributed by atoms with E-state index in [4.69, 9.17) is 17.3 Å². The maximum absolute atomic E-state index is 12.6. The van der Waals surface area contributed by atoms with Crippen molar-refractivity contribution in [2.24, 2.45) is 5.73 Å². The highest BCUT2D eigenvalue weighted by molar-refractivity contribution is 8.00. The van der Waals surface area contributed by atoms with Crippen LogP contribution in [0, 0.1) is 0 Å². The van der Waals surface area contributed by atoms with Crippen LogP contribution < -0.4 is 16.6 Å². The van der Waals surface area contributed by atoms with Crippen LogP contribution in [0.5, 0.6) is 0 Å². The zero-order valence-corrected chi connectivity index (χ0v) is 14.4. The minimum absolute atomic E-state index is 0.223. The van der Waals surface area contributed by atoms with Crippen molar-refractivity contribution in [2.45, 2.75) is 23.9 Å². The summed E-state index contributed by atoms with van der Waals surface area (Å²) in [5.41, 5.74) is 5.12. The number of allylic oxidation sites excluding steroid dienone is 1. The number of carbonyl (C=O) groups is 2. The van der Waals surface area contributed by atoms with Crippen LogP contribution in [0.15, 0.2) is 40.8 Å². The fraction of sp³-hybridized carbons (Fsp3) is 0.200. The van der Waals surface area contributed by atoms with Crippen molar-refractivity contribution in [2.75, 3.05) is 0 Å². The number of fused-ring (bicyclic) bond motifs is 1. The van der Waals surface area contributed by atoms with Gasteiger partial charge < -0.3 is 5.73 Å². The van der Waals surface area contributed by atoms with E-state index >= 15 is 0 Å². The lowest BCUT2D eigenvalue weighted by atomic mass is 10.2. The van der Waals surface area contributed by atoms with E-state index in [0.29, 0.717) is 21.1 Å². The van der Waals surface area contributed by atoms with Gasteiger partial charge in [0.05, 0.1) is 16.2 Å². The van der Waals surface area contributed by atoms with Crippen molar-refractivity contribution >= 4 is 46.2 Å². The average Bonchev–Trinajstić information content (AvgIpc) is 2.51. The molecule has 3 amide bonds. The number of amides is 3. The number of imide groups is 1. The smallest absolute Gasteiger partial charge is 0.318 e. The second-order valence-corrected chi connectivity index (χ2v) is 6.62. The number of primary amides is 1. The molecule has 0 saturated carbocycles. The predicted octanol–water partition coefficient (Wildman–Crippen LogP) is 1.91. The number of nitrogens with zero attached hydrogens (tertiary/aromatic N) is 2. The fourth-order valence-electron chi connectivity index (χ4n) is 1.99. The Bertz CT molecular complexity index is 881. The molecule has 1 aromatic heterocycles. The SMILES string of the molecule is C=CCn1c(S[C@@H](C)C(=O)NC(N)=O)nc2ccc(Cl)cc2c1=O. The molecule has 0 unspecified atom stereocenters. The van der Waals surface area contributed by atoms with Gasteiger partial charge in [0.25, 0.3) is 5.56 Å². The number of hydrogen-bond donors (Lipinski definition) is 2. The maximum atomic E-state index is 12.6. The molecular weight excluding hydrogens is 352 g/mol. The van der Waals surface area contributed by atoms with Crippen LogP contribution in [-0.4, -0.2) is 26.7 Å². The number of nitrogens with one attached hydrogen (secondary N) is 1. The molecule has 2 aromatic rings. The third-order valence-electron chi connectivity index (χ3n) is 3.09. The highest BCUT2D eigenvalue weighted by Gasteiger charge is 2.20. The first kappa shape index (κ1) is 18.0. The van der Waals surface area contributed by atoms with Crippen LogP contribution >= 0.6 is 23.4 Å². The number of rotatable bonds is 5. The molecule has 1 aromatic carbocycles. The highest BCUT2D eigenvalue weighted by atomic mass is 35.5. The number of urea groups is 1. The van der Waals surface area contributed by atoms with E-state index in [0.717, 1.165) is 11.8 Å². The van der Waals surface area contributed by atoms with Crippen molar-refractivity contribution in [1.82, 2.24) is 14.9 Å². The van der Waals surface area contributed by atoms with E-state index < -0.39 is 17.2 Å². The lowest BCUT2D eigenvalue weighted by molar-refractivity contribution is -0.119. The number of benzene rings is 1. The predicted molar refractivity (Wildman–Crippen MR) is 94.3 cm³/mol. The average molecular weight is 367 g/mol. The van der Waals surface area contributed by atoms with Crippen molar-refractivity contribution in [1.29, 1.82) is 0 Å². The van der Waals surface area contributed by atoms with Crippen molar-refractivity contribution < 1.29 is 9.59 Å². The summed E-state index contributed by atoms with van der Waals surface area (Å²) in [4.78, 5) is 39.7. The Morgan fingerprint density at radius 3 is 2.88 bits per heavy atom. The molecule has 0 spiro atoms. The molecule has 9 heteroatoms. The number of halogens is 1. The molecule has 0 bridgehead atoms. The van der Waals surface area contributed by atoms with Crippen molar-refractivity contribution in [3.8, 4) is 0 Å². The Labute approximate surface area is 146 Å². The number of nitrogens with two attached hydrogens (primary N) is 1. The molecule has 24 heavy (non-hydrogen) atoms. The van der Waals surface area contributed by atoms with Gasteiger partial charge in [0, 0.05) is 11.6 Å². The third-order valence-corrected chi connectivity index (χ3v) is 4.42. The van der Waals surface area contributed by atoms with E-state index in [1.807, 2.05) is 5.32 Å². The van der Waals surface area contributed by atoms with Gasteiger partial charge in [0.15, 0.2) is 5.16 Å². The van der Waals surface area contributed by atoms with Crippen LogP contribution in [0.25, 0.3) is 10.9 Å². The monoisotopic (exact) mass is 366 g/mol. The van der Waals surface area contributed by atoms with Crippen LogP contribution in [0.1, 0.15) is 6.92 Å². The zero-order valence-electron chi connectivity index (χ0n) is 12.8. The summed E-state index contributed by atoms with van der Waals surface area (Å²) in [6.45, 7) is 5.43. The number of aromatic nitrogens is 2. The standard InChI is InChI=1S/C15H15ClN4O3S/c1-3-6-20-13(22)10-7-9(16)4-5-11(10)18-15(20)24-8(2)12(21)19-14(17)23/h3-5,7-8H,1,6H2,2H3,(H3,17,19,21,23)/t8-/m0/s1. The molecule has 0 saturated heterocycles. The molecule has 3 N–H and O–H groups in total. The number of carbonyl (C=O) groups excluding carboxylic acids is 2. The van der Waals surface area contributed by atoms with Gasteiger partial charge in [0.2, 0.25) is 5.91 Å². The zero-order chi connectivity index (χ0) is 17.9. The molecule has 0 aliphatic carbocycles. The second-order valence-electron chi connectivity index (χ2n) is 4.87. The molecule has 0 fully saturated rings. The molecular formula is C15H15ClN4O3S. The first-order chi connectivity index (χ1) is 11.3. The Balaban J connectivity index is 2.48. The maximum Gasteiger partial charge on any atom is 0.318 e. The summed E-state index contributed by atoms with van der Waals surface area (Å²) < 4.78 is 1.39. The summed E-state index contributed by atoms with van der Waals surface area (Å²) in [6, 6.07) is 3.88. The van der Waals surface area contributed by atoms with Gasteiger partial charge in [0.1, 0.15) is 0 Å². The molecule has 7 nitrogen and oxygen atoms in total. The van der Waals surface area contributed by atoms with Crippen molar-refractivity contribution in [3.63, 3.8) is 0 Å². The van der Waals surface area contributed by atoms with Gasteiger partial charge in [-0.3, -0.25) is 19.5 Å². The first-order valence-electron chi connectivity index (χ1n) is 6.91. The Kier molecular flexibility index (Phi) is 5.63. The highest BCUT2D eigenvalue weighted by Crippen LogP contribution is 2.23. The molecule has 0 aliphatic rings. The normalized spacial score (nSPS) is 11.9. The van der Waals surface area contributed by atoms with Gasteiger partial charge >= 0.3 is 6.03 Å². The molecule has 1 heterocycles. The minimum atomic E-state index is -0.933. The van der Waals surface area contributed by atoms with Gasteiger partial charge in [-0.15, -0.1) is 6.58 Å². The number of hydrogen-bond acceptors (Lipinski definition) is 5. The van der Waals surface area contributed by atoms with Gasteiger partial charge in [-0.1, -0.05) is 29.4 Å². The Hall–Kier alpha value is -2.32. The lowest BCUT2D eigenvalue weighted by Crippen LogP contribution is -2.39. The summed E-state index contributed by atoms with van der Waals surface area (Å²) in [5.74, 6) is -0.567. The quantitative estimate of drug-likeness (QED) is 0.477. The fourth-order valence-corrected chi connectivity index (χ4v) is 3.08. The van der Waals surface area contributed by atoms with Gasteiger partial charge in [-0.2, -0.15) is 0 Å². The molecule has 0 radical (unpaired) electrons. The van der Waals surface area contributed by atoms with E-state index in [-0.39, 0.29) is 12.1 Å². The van der Waals surface area contributed by atoms with Gasteiger partial charge in [-0.25, -0.2) is 9.78 Å². The molecule has 0 aliphatic heterocycles. The topological polar surface area (TPSA) is 107 Å². The molecule has 126 valence electrons. The Morgan fingerprint density at radius 1 is 1.54 bits per heavy atom. The lowest BCUT2D eigenvalue weighted by Gasteiger charge is -2.14. The summed E-state index contributed by atoms with van der Waals surface area (Å²) in [7, 11) is 0. The minimum Gasteiger partial charge on any atom is -0.351 e. The Morgan fingerprint density at radius 2 is 2.25 bits per heavy atom. The van der Waals surface area contributed by atoms with E-state index in [9.17, 15) is 14.4 Å². The van der Waals surface area contributed by atoms with E-state index in [1.54, 1.807) is 31.2 Å². The summed E-state index contributed by atoms with van der Waals surface area (Å²) in [6.07, 6.45) is 1.55. The van der Waals surface area contributed by atoms with Crippen molar-refractivity contribution in [3.05, 3.63) is 46.2 Å². The first-order valence-corrected chi connectivity index (χ1v) is 8.17. The molecule has 1 atom stereocenters. The summed E-state index contributed by atoms with van der Waals surface area (Å²) >= 11 is 6.98. The van der Waals surface area contributed by atoms with Crippen LogP contribution in [0.2, 0.25) is 5.02 Å². The largest absolute Gasteiger partial charge is 0.351 e. The second kappa shape index (κ2) is 7.50. The van der Waals surface area contributed by atoms with Crippen LogP contribution in [0.3, 0.4) is 0 Å².